The van der Waals surface area contributed by atoms with Gasteiger partial charge in [0, 0.05) is 44.6 Å². The molecule has 210 valence electrons. The van der Waals surface area contributed by atoms with Crippen LogP contribution in [0.5, 0.6) is 5.75 Å². The fourth-order valence-electron chi connectivity index (χ4n) is 4.73. The molecule has 0 aliphatic carbocycles. The highest BCUT2D eigenvalue weighted by molar-refractivity contribution is 8.01. The fourth-order valence-corrected chi connectivity index (χ4v) is 7.99. The van der Waals surface area contributed by atoms with Gasteiger partial charge < -0.3 is 14.5 Å². The van der Waals surface area contributed by atoms with E-state index in [1.807, 2.05) is 0 Å². The molecule has 40 heavy (non-hydrogen) atoms. The molecule has 0 bridgehead atoms. The summed E-state index contributed by atoms with van der Waals surface area (Å²) in [7, 11) is -4.10. The molecule has 3 aromatic carbocycles. The van der Waals surface area contributed by atoms with Crippen molar-refractivity contribution in [2.24, 2.45) is 0 Å². The maximum atomic E-state index is 13.7. The molecular formula is C27H26ClN3O7S2. The third-order valence-corrected chi connectivity index (χ3v) is 10.1. The zero-order chi connectivity index (χ0) is 28.7. The van der Waals surface area contributed by atoms with E-state index in [4.69, 9.17) is 20.8 Å². The van der Waals surface area contributed by atoms with Crippen molar-refractivity contribution in [3.8, 4) is 5.75 Å². The minimum absolute atomic E-state index is 0.00197. The zero-order valence-corrected chi connectivity index (χ0v) is 23.9. The van der Waals surface area contributed by atoms with Crippen LogP contribution in [0.4, 0.5) is 5.69 Å². The van der Waals surface area contributed by atoms with Crippen LogP contribution in [0, 0.1) is 0 Å². The molecule has 1 saturated heterocycles. The van der Waals surface area contributed by atoms with Crippen LogP contribution in [-0.4, -0.2) is 59.4 Å². The molecule has 3 N–H and O–H groups in total. The van der Waals surface area contributed by atoms with E-state index in [1.54, 1.807) is 67.9 Å². The molecule has 1 aliphatic rings. The summed E-state index contributed by atoms with van der Waals surface area (Å²) in [6.07, 6.45) is 0. The lowest BCUT2D eigenvalue weighted by Gasteiger charge is -2.43. The number of sulfonamides is 1. The van der Waals surface area contributed by atoms with E-state index in [0.29, 0.717) is 44.2 Å². The van der Waals surface area contributed by atoms with Crippen LogP contribution in [0.3, 0.4) is 0 Å². The number of hydrogen-bond acceptors (Lipinski definition) is 8. The number of ether oxygens (including phenoxy) is 1. The lowest BCUT2D eigenvalue weighted by atomic mass is 10.0. The fraction of sp³-hybridized carbons (Fsp3) is 0.259. The number of amides is 2. The number of furan rings is 1. The molecule has 1 atom stereocenters. The number of nitrogens with one attached hydrogen (secondary N) is 2. The summed E-state index contributed by atoms with van der Waals surface area (Å²) >= 11 is 7.32. The van der Waals surface area contributed by atoms with Crippen molar-refractivity contribution >= 4 is 72.8 Å². The molecular weight excluding hydrogens is 578 g/mol. The standard InChI is InChI=1S/C27H26ClN3O7S2/c1-27(2)25(26(33)30-34)31(11-12-39-27)40(35,36)19-8-10-22-21(14-19)20-9-5-17(13-23(20)38-22)29-24(32)15-37-18-6-3-16(28)4-7-18/h3-10,13-14,25,34H,11-12,15H2,1-2H3,(H,29,32)(H,30,33). The second kappa shape index (κ2) is 10.9. The number of thioether (sulfide) groups is 1. The van der Waals surface area contributed by atoms with Crippen LogP contribution in [-0.2, 0) is 19.6 Å². The maximum Gasteiger partial charge on any atom is 0.263 e. The summed E-state index contributed by atoms with van der Waals surface area (Å²) in [5.41, 5.74) is 3.01. The topological polar surface area (TPSA) is 138 Å². The largest absolute Gasteiger partial charge is 0.484 e. The first-order valence-corrected chi connectivity index (χ1v) is 15.0. The first kappa shape index (κ1) is 28.2. The Kier molecular flexibility index (Phi) is 7.73. The van der Waals surface area contributed by atoms with Gasteiger partial charge in [-0.1, -0.05) is 11.6 Å². The number of rotatable bonds is 7. The van der Waals surface area contributed by atoms with Crippen LogP contribution in [0.25, 0.3) is 21.9 Å². The lowest BCUT2D eigenvalue weighted by Crippen LogP contribution is -2.61. The first-order chi connectivity index (χ1) is 19.0. The highest BCUT2D eigenvalue weighted by atomic mass is 35.5. The van der Waals surface area contributed by atoms with Crippen molar-refractivity contribution in [1.29, 1.82) is 0 Å². The Hall–Kier alpha value is -3.29. The summed E-state index contributed by atoms with van der Waals surface area (Å²) in [4.78, 5) is 24.9. The highest BCUT2D eigenvalue weighted by Gasteiger charge is 2.48. The van der Waals surface area contributed by atoms with Crippen LogP contribution < -0.4 is 15.5 Å². The second-order valence-electron chi connectivity index (χ2n) is 9.71. The van der Waals surface area contributed by atoms with Crippen molar-refractivity contribution < 1.29 is 32.4 Å². The predicted molar refractivity (Wildman–Crippen MR) is 153 cm³/mol. The van der Waals surface area contributed by atoms with Crippen molar-refractivity contribution in [3.05, 3.63) is 65.7 Å². The molecule has 2 amide bonds. The minimum Gasteiger partial charge on any atom is -0.484 e. The predicted octanol–water partition coefficient (Wildman–Crippen LogP) is 4.65. The number of carbonyl (C=O) groups is 2. The Labute approximate surface area is 239 Å². The molecule has 4 aromatic rings. The summed E-state index contributed by atoms with van der Waals surface area (Å²) < 4.78 is 39.2. The number of nitrogens with zero attached hydrogens (tertiary/aromatic N) is 1. The van der Waals surface area contributed by atoms with Gasteiger partial charge in [-0.15, -0.1) is 0 Å². The summed E-state index contributed by atoms with van der Waals surface area (Å²) in [6.45, 7) is 3.45. The van der Waals surface area contributed by atoms with Gasteiger partial charge in [0.15, 0.2) is 6.61 Å². The summed E-state index contributed by atoms with van der Waals surface area (Å²) in [5.74, 6) is -0.155. The molecule has 2 heterocycles. The highest BCUT2D eigenvalue weighted by Crippen LogP contribution is 2.39. The van der Waals surface area contributed by atoms with Crippen LogP contribution in [0.1, 0.15) is 13.8 Å². The summed E-state index contributed by atoms with van der Waals surface area (Å²) in [6, 6.07) is 15.1. The average molecular weight is 604 g/mol. The quantitative estimate of drug-likeness (QED) is 0.205. The van der Waals surface area contributed by atoms with Gasteiger partial charge in [0.25, 0.3) is 11.8 Å². The van der Waals surface area contributed by atoms with Crippen LogP contribution >= 0.6 is 23.4 Å². The molecule has 0 radical (unpaired) electrons. The second-order valence-corrected chi connectivity index (χ2v) is 13.8. The number of halogens is 1. The van der Waals surface area contributed by atoms with Gasteiger partial charge in [0.05, 0.1) is 4.90 Å². The van der Waals surface area contributed by atoms with Gasteiger partial charge in [0.2, 0.25) is 10.0 Å². The van der Waals surface area contributed by atoms with E-state index in [1.165, 1.54) is 23.9 Å². The average Bonchev–Trinajstić information content (AvgIpc) is 3.28. The van der Waals surface area contributed by atoms with E-state index in [0.717, 1.165) is 4.31 Å². The Morgan fingerprint density at radius 2 is 1.85 bits per heavy atom. The van der Waals surface area contributed by atoms with Crippen LogP contribution in [0.2, 0.25) is 5.02 Å². The Morgan fingerprint density at radius 1 is 1.10 bits per heavy atom. The van der Waals surface area contributed by atoms with Gasteiger partial charge in [-0.2, -0.15) is 16.1 Å². The van der Waals surface area contributed by atoms with E-state index >= 15 is 0 Å². The van der Waals surface area contributed by atoms with Gasteiger partial charge in [-0.25, -0.2) is 13.9 Å². The number of benzene rings is 3. The summed E-state index contributed by atoms with van der Waals surface area (Å²) in [5, 5.41) is 13.8. The normalized spacial score (nSPS) is 17.6. The van der Waals surface area contributed by atoms with Crippen LogP contribution in [0.15, 0.2) is 70.0 Å². The molecule has 5 rings (SSSR count). The number of carbonyl (C=O) groups excluding carboxylic acids is 2. The number of fused-ring (bicyclic) bond motifs is 3. The van der Waals surface area contributed by atoms with E-state index < -0.39 is 26.7 Å². The SMILES string of the molecule is CC1(C)SCCN(S(=O)(=O)c2ccc3oc4cc(NC(=O)COc5ccc(Cl)cc5)ccc4c3c2)C1C(=O)NO. The van der Waals surface area contributed by atoms with Crippen molar-refractivity contribution in [2.75, 3.05) is 24.2 Å². The Morgan fingerprint density at radius 3 is 2.58 bits per heavy atom. The molecule has 1 aliphatic heterocycles. The van der Waals surface area contributed by atoms with Gasteiger partial charge in [-0.05, 0) is 68.4 Å². The molecule has 0 spiro atoms. The smallest absolute Gasteiger partial charge is 0.263 e. The van der Waals surface area contributed by atoms with Gasteiger partial charge in [0.1, 0.15) is 23.0 Å². The molecule has 10 nitrogen and oxygen atoms in total. The third-order valence-electron chi connectivity index (χ3n) is 6.61. The third kappa shape index (κ3) is 5.50. The monoisotopic (exact) mass is 603 g/mol. The number of hydroxylamine groups is 1. The van der Waals surface area contributed by atoms with E-state index in [-0.39, 0.29) is 24.0 Å². The lowest BCUT2D eigenvalue weighted by molar-refractivity contribution is -0.134. The van der Waals surface area contributed by atoms with E-state index in [2.05, 4.69) is 5.32 Å². The molecule has 1 fully saturated rings. The minimum atomic E-state index is -4.10. The van der Waals surface area contributed by atoms with Gasteiger partial charge >= 0.3 is 0 Å². The Bertz CT molecular complexity index is 1700. The number of anilines is 1. The molecule has 1 unspecified atom stereocenters. The van der Waals surface area contributed by atoms with Crippen molar-refractivity contribution in [3.63, 3.8) is 0 Å². The molecule has 13 heteroatoms. The number of hydrogen-bond donors (Lipinski definition) is 3. The first-order valence-electron chi connectivity index (χ1n) is 12.2. The zero-order valence-electron chi connectivity index (χ0n) is 21.5. The molecule has 1 aromatic heterocycles. The molecule has 0 saturated carbocycles. The Balaban J connectivity index is 1.39. The van der Waals surface area contributed by atoms with Crippen molar-refractivity contribution in [1.82, 2.24) is 9.79 Å². The van der Waals surface area contributed by atoms with E-state index in [9.17, 15) is 23.2 Å². The van der Waals surface area contributed by atoms with Gasteiger partial charge in [-0.3, -0.25) is 14.8 Å². The maximum absolute atomic E-state index is 13.7. The van der Waals surface area contributed by atoms with Crippen molar-refractivity contribution in [2.45, 2.75) is 29.5 Å².